The van der Waals surface area contributed by atoms with Crippen LogP contribution in [0.2, 0.25) is 0 Å². The first-order chi connectivity index (χ1) is 5.11. The van der Waals surface area contributed by atoms with Crippen molar-refractivity contribution in [1.82, 2.24) is 4.98 Å². The highest BCUT2D eigenvalue weighted by Gasteiger charge is 2.07. The summed E-state index contributed by atoms with van der Waals surface area (Å²) in [7, 11) is 0. The average Bonchev–Trinajstić information content (AvgIpc) is 1.94. The van der Waals surface area contributed by atoms with Crippen LogP contribution in [0.1, 0.15) is 10.4 Å². The first-order valence-corrected chi connectivity index (χ1v) is 3.89. The van der Waals surface area contributed by atoms with E-state index in [1.807, 2.05) is 0 Å². The molecule has 0 amide bonds. The van der Waals surface area contributed by atoms with Gasteiger partial charge in [0.15, 0.2) is 0 Å². The first kappa shape index (κ1) is 8.49. The molecule has 1 rings (SSSR count). The van der Waals surface area contributed by atoms with E-state index in [9.17, 15) is 4.79 Å². The predicted molar refractivity (Wildman–Crippen MR) is 46.5 cm³/mol. The molecule has 0 aliphatic rings. The Morgan fingerprint density at radius 1 is 1.73 bits per heavy atom. The summed E-state index contributed by atoms with van der Waals surface area (Å²) >= 11 is 8.34. The van der Waals surface area contributed by atoms with E-state index in [4.69, 9.17) is 17.3 Å². The van der Waals surface area contributed by atoms with Gasteiger partial charge in [0.25, 0.3) is 5.24 Å². The molecule has 11 heavy (non-hydrogen) atoms. The van der Waals surface area contributed by atoms with Gasteiger partial charge in [0.1, 0.15) is 5.82 Å². The molecule has 58 valence electrons. The largest absolute Gasteiger partial charge is 0.383 e. The number of hydrogen-bond donors (Lipinski definition) is 1. The van der Waals surface area contributed by atoms with E-state index >= 15 is 0 Å². The molecule has 0 saturated heterocycles. The third-order valence-corrected chi connectivity index (χ3v) is 1.73. The van der Waals surface area contributed by atoms with Gasteiger partial charge < -0.3 is 5.73 Å². The van der Waals surface area contributed by atoms with E-state index in [0.717, 1.165) is 0 Å². The summed E-state index contributed by atoms with van der Waals surface area (Å²) in [4.78, 5) is 14.4. The van der Waals surface area contributed by atoms with Crippen molar-refractivity contribution in [2.24, 2.45) is 0 Å². The van der Waals surface area contributed by atoms with Crippen LogP contribution in [0.25, 0.3) is 0 Å². The van der Waals surface area contributed by atoms with Crippen molar-refractivity contribution in [3.63, 3.8) is 0 Å². The lowest BCUT2D eigenvalue weighted by Gasteiger charge is -1.98. The number of nitrogens with zero attached hydrogens (tertiary/aromatic N) is 1. The van der Waals surface area contributed by atoms with Gasteiger partial charge in [-0.15, -0.1) is 0 Å². The predicted octanol–water partition coefficient (Wildman–Crippen LogP) is 1.81. The Labute approximate surface area is 76.7 Å². The molecule has 1 heterocycles. The molecule has 0 aromatic carbocycles. The van der Waals surface area contributed by atoms with Crippen LogP contribution in [0, 0.1) is 0 Å². The van der Waals surface area contributed by atoms with E-state index in [2.05, 4.69) is 20.9 Å². The van der Waals surface area contributed by atoms with Crippen LogP contribution < -0.4 is 5.73 Å². The fourth-order valence-corrected chi connectivity index (χ4v) is 1.09. The van der Waals surface area contributed by atoms with Crippen LogP contribution in [-0.2, 0) is 0 Å². The number of halogens is 2. The molecule has 1 aromatic heterocycles. The Balaban J connectivity index is 3.23. The molecule has 0 saturated carbocycles. The number of rotatable bonds is 1. The van der Waals surface area contributed by atoms with E-state index < -0.39 is 5.24 Å². The third kappa shape index (κ3) is 1.91. The quantitative estimate of drug-likeness (QED) is 0.755. The maximum atomic E-state index is 10.6. The number of nitrogens with two attached hydrogens (primary N) is 1. The second-order valence-corrected chi connectivity index (χ2v) is 3.12. The molecule has 0 unspecified atom stereocenters. The van der Waals surface area contributed by atoms with Crippen molar-refractivity contribution in [3.8, 4) is 0 Å². The molecular weight excluding hydrogens is 231 g/mol. The normalized spacial score (nSPS) is 9.64. The number of anilines is 1. The van der Waals surface area contributed by atoms with E-state index in [1.54, 1.807) is 0 Å². The molecule has 1 aromatic rings. The number of nitrogen functional groups attached to an aromatic ring is 1. The number of aromatic nitrogens is 1. The smallest absolute Gasteiger partial charge is 0.256 e. The van der Waals surface area contributed by atoms with Gasteiger partial charge in [-0.3, -0.25) is 4.79 Å². The fourth-order valence-electron chi connectivity index (χ4n) is 0.607. The average molecular weight is 235 g/mol. The van der Waals surface area contributed by atoms with Crippen LogP contribution in [0.15, 0.2) is 16.7 Å². The molecular formula is C6H4BrClN2O. The highest BCUT2D eigenvalue weighted by Crippen LogP contribution is 2.16. The highest BCUT2D eigenvalue weighted by atomic mass is 79.9. The Morgan fingerprint density at radius 2 is 2.36 bits per heavy atom. The molecule has 0 bridgehead atoms. The summed E-state index contributed by atoms with van der Waals surface area (Å²) in [5.41, 5.74) is 5.58. The molecule has 0 radical (unpaired) electrons. The Bertz CT molecular complexity index is 303. The molecule has 0 fully saturated rings. The van der Waals surface area contributed by atoms with Gasteiger partial charge in [0.2, 0.25) is 0 Å². The van der Waals surface area contributed by atoms with Crippen LogP contribution in [0.3, 0.4) is 0 Å². The van der Waals surface area contributed by atoms with E-state index in [0.29, 0.717) is 4.47 Å². The zero-order valence-corrected chi connectivity index (χ0v) is 7.69. The van der Waals surface area contributed by atoms with E-state index in [-0.39, 0.29) is 11.4 Å². The molecule has 0 spiro atoms. The van der Waals surface area contributed by atoms with Gasteiger partial charge >= 0.3 is 0 Å². The Hall–Kier alpha value is -0.610. The number of pyridine rings is 1. The maximum Gasteiger partial charge on any atom is 0.256 e. The second kappa shape index (κ2) is 3.19. The summed E-state index contributed by atoms with van der Waals surface area (Å²) in [6.45, 7) is 0. The van der Waals surface area contributed by atoms with Gasteiger partial charge in [-0.05, 0) is 33.6 Å². The van der Waals surface area contributed by atoms with Crippen molar-refractivity contribution < 1.29 is 4.79 Å². The van der Waals surface area contributed by atoms with Gasteiger partial charge in [-0.2, -0.15) is 0 Å². The molecule has 5 heteroatoms. The second-order valence-electron chi connectivity index (χ2n) is 1.86. The summed E-state index contributed by atoms with van der Waals surface area (Å²) < 4.78 is 0.677. The van der Waals surface area contributed by atoms with Crippen molar-refractivity contribution in [1.29, 1.82) is 0 Å². The highest BCUT2D eigenvalue weighted by molar-refractivity contribution is 9.10. The minimum atomic E-state index is -0.601. The fraction of sp³-hybridized carbons (Fsp3) is 0. The maximum absolute atomic E-state index is 10.6. The molecule has 2 N–H and O–H groups in total. The minimum absolute atomic E-state index is 0.146. The zero-order valence-electron chi connectivity index (χ0n) is 5.34. The monoisotopic (exact) mass is 234 g/mol. The lowest BCUT2D eigenvalue weighted by molar-refractivity contribution is 0.108. The summed E-state index contributed by atoms with van der Waals surface area (Å²) in [6, 6.07) is 1.53. The first-order valence-electron chi connectivity index (χ1n) is 2.72. The number of carbonyl (C=O) groups excluding carboxylic acids is 1. The summed E-state index contributed by atoms with van der Waals surface area (Å²) in [5, 5.41) is -0.601. The van der Waals surface area contributed by atoms with Crippen LogP contribution in [-0.4, -0.2) is 10.2 Å². The number of hydrogen-bond acceptors (Lipinski definition) is 3. The van der Waals surface area contributed by atoms with Crippen molar-refractivity contribution in [2.75, 3.05) is 5.73 Å². The lowest BCUT2D eigenvalue weighted by Crippen LogP contribution is -1.99. The Kier molecular flexibility index (Phi) is 2.46. The lowest BCUT2D eigenvalue weighted by atomic mass is 10.3. The SMILES string of the molecule is Nc1ncc(Br)cc1C(=O)Cl. The van der Waals surface area contributed by atoms with Crippen LogP contribution in [0.4, 0.5) is 5.82 Å². The topological polar surface area (TPSA) is 56.0 Å². The summed E-state index contributed by atoms with van der Waals surface area (Å²) in [5.74, 6) is 0.146. The molecule has 0 aliphatic carbocycles. The molecule has 0 atom stereocenters. The van der Waals surface area contributed by atoms with Gasteiger partial charge in [-0.1, -0.05) is 0 Å². The molecule has 0 aliphatic heterocycles. The van der Waals surface area contributed by atoms with Crippen molar-refractivity contribution in [3.05, 3.63) is 22.3 Å². The van der Waals surface area contributed by atoms with Gasteiger partial charge in [0.05, 0.1) is 5.56 Å². The van der Waals surface area contributed by atoms with E-state index in [1.165, 1.54) is 12.3 Å². The Morgan fingerprint density at radius 3 is 2.82 bits per heavy atom. The third-order valence-electron chi connectivity index (χ3n) is 1.10. The van der Waals surface area contributed by atoms with Gasteiger partial charge in [0, 0.05) is 10.7 Å². The molecule has 3 nitrogen and oxygen atoms in total. The zero-order chi connectivity index (χ0) is 8.43. The van der Waals surface area contributed by atoms with Crippen molar-refractivity contribution in [2.45, 2.75) is 0 Å². The number of carbonyl (C=O) groups is 1. The van der Waals surface area contributed by atoms with Crippen molar-refractivity contribution >= 4 is 38.6 Å². The van der Waals surface area contributed by atoms with Crippen LogP contribution >= 0.6 is 27.5 Å². The standard InChI is InChI=1S/C6H4BrClN2O/c7-3-1-4(5(8)11)6(9)10-2-3/h1-2H,(H2,9,10). The van der Waals surface area contributed by atoms with Crippen LogP contribution in [0.5, 0.6) is 0 Å². The minimum Gasteiger partial charge on any atom is -0.383 e. The summed E-state index contributed by atoms with van der Waals surface area (Å²) in [6.07, 6.45) is 1.50. The van der Waals surface area contributed by atoms with Gasteiger partial charge in [-0.25, -0.2) is 4.98 Å².